The number of nitrogens with zero attached hydrogens (tertiary/aromatic N) is 2. The van der Waals surface area contributed by atoms with Gasteiger partial charge in [0.25, 0.3) is 5.69 Å². The standard InChI is InChI=1S/C11H10N2O5/c1-2-18-11(15)10-8(6-14)7(5-12)3-4-9(10)13(16)17/h3-4,14H,2,6H2,1H3. The summed E-state index contributed by atoms with van der Waals surface area (Å²) in [6.07, 6.45) is 0. The van der Waals surface area contributed by atoms with Gasteiger partial charge >= 0.3 is 5.97 Å². The topological polar surface area (TPSA) is 113 Å². The largest absolute Gasteiger partial charge is 0.462 e. The van der Waals surface area contributed by atoms with E-state index < -0.39 is 23.2 Å². The summed E-state index contributed by atoms with van der Waals surface area (Å²) in [6.45, 7) is 0.937. The molecule has 0 aliphatic heterocycles. The van der Waals surface area contributed by atoms with E-state index in [1.807, 2.05) is 0 Å². The van der Waals surface area contributed by atoms with Crippen molar-refractivity contribution in [2.45, 2.75) is 13.5 Å². The van der Waals surface area contributed by atoms with Gasteiger partial charge in [0.1, 0.15) is 5.56 Å². The monoisotopic (exact) mass is 250 g/mol. The van der Waals surface area contributed by atoms with Gasteiger partial charge in [0.2, 0.25) is 0 Å². The molecule has 1 aromatic rings. The first-order chi connectivity index (χ1) is 8.56. The number of esters is 1. The van der Waals surface area contributed by atoms with Crippen LogP contribution in [0.25, 0.3) is 0 Å². The lowest BCUT2D eigenvalue weighted by Gasteiger charge is -2.08. The van der Waals surface area contributed by atoms with Crippen LogP contribution in [0.4, 0.5) is 5.69 Å². The lowest BCUT2D eigenvalue weighted by Crippen LogP contribution is -2.12. The summed E-state index contributed by atoms with van der Waals surface area (Å²) < 4.78 is 4.70. The van der Waals surface area contributed by atoms with Crippen molar-refractivity contribution >= 4 is 11.7 Å². The fourth-order valence-corrected chi connectivity index (χ4v) is 1.49. The van der Waals surface area contributed by atoms with E-state index in [-0.39, 0.29) is 23.3 Å². The summed E-state index contributed by atoms with van der Waals surface area (Å²) in [4.78, 5) is 21.7. The third kappa shape index (κ3) is 2.44. The van der Waals surface area contributed by atoms with Crippen molar-refractivity contribution in [3.63, 3.8) is 0 Å². The highest BCUT2D eigenvalue weighted by Gasteiger charge is 2.27. The average molecular weight is 250 g/mol. The molecule has 7 heteroatoms. The summed E-state index contributed by atoms with van der Waals surface area (Å²) in [5.41, 5.74) is -0.948. The zero-order chi connectivity index (χ0) is 13.7. The lowest BCUT2D eigenvalue weighted by atomic mass is 10.0. The summed E-state index contributed by atoms with van der Waals surface area (Å²) in [6, 6.07) is 3.99. The fourth-order valence-electron chi connectivity index (χ4n) is 1.49. The first-order valence-corrected chi connectivity index (χ1v) is 5.05. The number of carbonyl (C=O) groups excluding carboxylic acids is 1. The van der Waals surface area contributed by atoms with Gasteiger partial charge in [-0.3, -0.25) is 10.1 Å². The molecule has 0 radical (unpaired) electrons. The molecule has 1 N–H and O–H groups in total. The second-order valence-electron chi connectivity index (χ2n) is 3.23. The summed E-state index contributed by atoms with van der Waals surface area (Å²) in [7, 11) is 0. The van der Waals surface area contributed by atoms with E-state index in [2.05, 4.69) is 0 Å². The Morgan fingerprint density at radius 1 is 1.61 bits per heavy atom. The Balaban J connectivity index is 3.54. The van der Waals surface area contributed by atoms with Crippen LogP contribution in [0.1, 0.15) is 28.4 Å². The number of rotatable bonds is 4. The molecule has 0 spiro atoms. The van der Waals surface area contributed by atoms with E-state index in [0.717, 1.165) is 6.07 Å². The molecule has 18 heavy (non-hydrogen) atoms. The van der Waals surface area contributed by atoms with Crippen molar-refractivity contribution in [2.24, 2.45) is 0 Å². The number of nitro benzene ring substituents is 1. The van der Waals surface area contributed by atoms with Crippen LogP contribution in [0.5, 0.6) is 0 Å². The van der Waals surface area contributed by atoms with Crippen molar-refractivity contribution in [2.75, 3.05) is 6.61 Å². The number of hydrogen-bond donors (Lipinski definition) is 1. The summed E-state index contributed by atoms with van der Waals surface area (Å²) >= 11 is 0. The maximum absolute atomic E-state index is 11.7. The van der Waals surface area contributed by atoms with Crippen LogP contribution in [-0.2, 0) is 11.3 Å². The lowest BCUT2D eigenvalue weighted by molar-refractivity contribution is -0.385. The number of nitriles is 1. The van der Waals surface area contributed by atoms with Gasteiger partial charge in [-0.25, -0.2) is 4.79 Å². The molecule has 94 valence electrons. The molecule has 7 nitrogen and oxygen atoms in total. The number of aliphatic hydroxyl groups excluding tert-OH is 1. The highest BCUT2D eigenvalue weighted by Crippen LogP contribution is 2.26. The molecular formula is C11H10N2O5. The van der Waals surface area contributed by atoms with Crippen LogP contribution < -0.4 is 0 Å². The normalized spacial score (nSPS) is 9.61. The van der Waals surface area contributed by atoms with Crippen molar-refractivity contribution in [3.05, 3.63) is 38.9 Å². The minimum absolute atomic E-state index is 0.00570. The minimum Gasteiger partial charge on any atom is -0.462 e. The SMILES string of the molecule is CCOC(=O)c1c([N+](=O)[O-])ccc(C#N)c1CO. The van der Waals surface area contributed by atoms with Crippen molar-refractivity contribution < 1.29 is 19.6 Å². The second kappa shape index (κ2) is 5.75. The van der Waals surface area contributed by atoms with Gasteiger partial charge in [-0.1, -0.05) is 0 Å². The van der Waals surface area contributed by atoms with E-state index in [9.17, 15) is 20.0 Å². The smallest absolute Gasteiger partial charge is 0.345 e. The van der Waals surface area contributed by atoms with E-state index in [1.54, 1.807) is 13.0 Å². The Labute approximate surface area is 102 Å². The molecule has 0 atom stereocenters. The molecule has 0 amide bonds. The molecule has 0 saturated heterocycles. The first-order valence-electron chi connectivity index (χ1n) is 5.05. The van der Waals surface area contributed by atoms with Gasteiger partial charge in [0.05, 0.1) is 29.8 Å². The molecule has 0 aromatic heterocycles. The number of nitro groups is 1. The van der Waals surface area contributed by atoms with E-state index in [4.69, 9.17) is 10.00 Å². The quantitative estimate of drug-likeness (QED) is 0.486. The average Bonchev–Trinajstić information content (AvgIpc) is 2.36. The van der Waals surface area contributed by atoms with Crippen molar-refractivity contribution in [1.82, 2.24) is 0 Å². The van der Waals surface area contributed by atoms with Gasteiger partial charge in [0, 0.05) is 11.6 Å². The fraction of sp³-hybridized carbons (Fsp3) is 0.273. The number of hydrogen-bond acceptors (Lipinski definition) is 6. The predicted octanol–water partition coefficient (Wildman–Crippen LogP) is 1.14. The third-order valence-electron chi connectivity index (χ3n) is 2.25. The third-order valence-corrected chi connectivity index (χ3v) is 2.25. The highest BCUT2D eigenvalue weighted by atomic mass is 16.6. The summed E-state index contributed by atoms with van der Waals surface area (Å²) in [5, 5.41) is 28.8. The molecule has 0 saturated carbocycles. The Hall–Kier alpha value is -2.46. The molecule has 0 bridgehead atoms. The van der Waals surface area contributed by atoms with E-state index in [0.29, 0.717) is 0 Å². The van der Waals surface area contributed by atoms with E-state index >= 15 is 0 Å². The molecule has 0 unspecified atom stereocenters. The van der Waals surface area contributed by atoms with E-state index in [1.165, 1.54) is 6.07 Å². The summed E-state index contributed by atoms with van der Waals surface area (Å²) in [5.74, 6) is -0.926. The zero-order valence-electron chi connectivity index (χ0n) is 9.54. The molecule has 0 heterocycles. The first kappa shape index (κ1) is 13.6. The van der Waals surface area contributed by atoms with Crippen molar-refractivity contribution in [3.8, 4) is 6.07 Å². The maximum atomic E-state index is 11.7. The molecule has 0 aliphatic carbocycles. The molecular weight excluding hydrogens is 240 g/mol. The number of carbonyl (C=O) groups is 1. The maximum Gasteiger partial charge on any atom is 0.345 e. The molecule has 0 fully saturated rings. The second-order valence-corrected chi connectivity index (χ2v) is 3.23. The van der Waals surface area contributed by atoms with Crippen LogP contribution in [0.15, 0.2) is 12.1 Å². The van der Waals surface area contributed by atoms with Crippen LogP contribution >= 0.6 is 0 Å². The van der Waals surface area contributed by atoms with Crippen molar-refractivity contribution in [1.29, 1.82) is 5.26 Å². The minimum atomic E-state index is -0.926. The highest BCUT2D eigenvalue weighted by molar-refractivity contribution is 5.96. The Bertz CT molecular complexity index is 533. The number of benzene rings is 1. The number of aliphatic hydroxyl groups is 1. The van der Waals surface area contributed by atoms with Gasteiger partial charge in [0.15, 0.2) is 0 Å². The van der Waals surface area contributed by atoms with Gasteiger partial charge < -0.3 is 9.84 Å². The Kier molecular flexibility index (Phi) is 4.34. The molecule has 1 aromatic carbocycles. The molecule has 1 rings (SSSR count). The van der Waals surface area contributed by atoms with Crippen LogP contribution in [-0.4, -0.2) is 22.6 Å². The van der Waals surface area contributed by atoms with Gasteiger partial charge in [-0.2, -0.15) is 5.26 Å². The Morgan fingerprint density at radius 3 is 2.72 bits per heavy atom. The van der Waals surface area contributed by atoms with Gasteiger partial charge in [-0.05, 0) is 13.0 Å². The van der Waals surface area contributed by atoms with Gasteiger partial charge in [-0.15, -0.1) is 0 Å². The van der Waals surface area contributed by atoms with Crippen LogP contribution in [0.3, 0.4) is 0 Å². The molecule has 0 aliphatic rings. The van der Waals surface area contributed by atoms with Crippen LogP contribution in [0, 0.1) is 21.4 Å². The predicted molar refractivity (Wildman–Crippen MR) is 59.7 cm³/mol. The number of ether oxygens (including phenoxy) is 1. The van der Waals surface area contributed by atoms with Crippen LogP contribution in [0.2, 0.25) is 0 Å². The Morgan fingerprint density at radius 2 is 2.28 bits per heavy atom. The zero-order valence-corrected chi connectivity index (χ0v) is 9.54.